The quantitative estimate of drug-likeness (QED) is 0.771. The Morgan fingerprint density at radius 1 is 1.04 bits per heavy atom. The molecule has 23 heavy (non-hydrogen) atoms. The largest absolute Gasteiger partial charge is 0.337 e. The van der Waals surface area contributed by atoms with Crippen molar-refractivity contribution in [1.82, 2.24) is 30.2 Å². The number of aromatic nitrogens is 6. The molecule has 0 aromatic carbocycles. The summed E-state index contributed by atoms with van der Waals surface area (Å²) in [4.78, 5) is 13.1. The zero-order valence-electron chi connectivity index (χ0n) is 13.0. The average molecular weight is 312 g/mol. The number of hydrogen-bond acceptors (Lipinski definition) is 7. The van der Waals surface area contributed by atoms with Gasteiger partial charge in [0.2, 0.25) is 11.9 Å². The van der Waals surface area contributed by atoms with Crippen molar-refractivity contribution in [3.05, 3.63) is 30.6 Å². The van der Waals surface area contributed by atoms with Crippen LogP contribution < -0.4 is 9.80 Å². The summed E-state index contributed by atoms with van der Waals surface area (Å²) in [5.74, 6) is 2.22. The fourth-order valence-corrected chi connectivity index (χ4v) is 3.18. The normalized spacial score (nSPS) is 21.1. The highest BCUT2D eigenvalue weighted by molar-refractivity contribution is 5.36. The van der Waals surface area contributed by atoms with E-state index in [-0.39, 0.29) is 0 Å². The van der Waals surface area contributed by atoms with Crippen molar-refractivity contribution in [2.45, 2.75) is 19.4 Å². The van der Waals surface area contributed by atoms with Crippen molar-refractivity contribution in [3.63, 3.8) is 0 Å². The van der Waals surface area contributed by atoms with Gasteiger partial charge in [0.05, 0.1) is 6.54 Å². The Labute approximate surface area is 134 Å². The van der Waals surface area contributed by atoms with E-state index >= 15 is 0 Å². The van der Waals surface area contributed by atoms with E-state index in [0.717, 1.165) is 51.0 Å². The van der Waals surface area contributed by atoms with Crippen LogP contribution in [0.4, 0.5) is 11.9 Å². The highest BCUT2D eigenvalue weighted by Gasteiger charge is 2.23. The summed E-state index contributed by atoms with van der Waals surface area (Å²) >= 11 is 0. The van der Waals surface area contributed by atoms with Gasteiger partial charge in [-0.3, -0.25) is 0 Å². The topological polar surface area (TPSA) is 75.9 Å². The molecular weight excluding hydrogens is 292 g/mol. The van der Waals surface area contributed by atoms with Gasteiger partial charge in [0.15, 0.2) is 0 Å². The summed E-state index contributed by atoms with van der Waals surface area (Å²) in [6.45, 7) is 4.36. The van der Waals surface area contributed by atoms with E-state index in [1.807, 2.05) is 10.7 Å². The molecule has 0 spiro atoms. The highest BCUT2D eigenvalue weighted by Crippen LogP contribution is 2.21. The Kier molecular flexibility index (Phi) is 3.87. The van der Waals surface area contributed by atoms with Crippen LogP contribution >= 0.6 is 0 Å². The van der Waals surface area contributed by atoms with Gasteiger partial charge in [-0.25, -0.2) is 14.6 Å². The smallest absolute Gasteiger partial charge is 0.245 e. The lowest BCUT2D eigenvalue weighted by molar-refractivity contribution is 0.467. The Morgan fingerprint density at radius 3 is 2.57 bits per heavy atom. The SMILES string of the molecule is C1=CC(Cn2nnnc2N2CCN(c3ncccn3)CC2)CC1. The molecule has 8 nitrogen and oxygen atoms in total. The Morgan fingerprint density at radius 2 is 1.83 bits per heavy atom. The van der Waals surface area contributed by atoms with Gasteiger partial charge < -0.3 is 9.80 Å². The molecule has 0 bridgehead atoms. The van der Waals surface area contributed by atoms with Crippen LogP contribution in [0.3, 0.4) is 0 Å². The monoisotopic (exact) mass is 312 g/mol. The first-order valence-electron chi connectivity index (χ1n) is 8.10. The Bertz CT molecular complexity index is 659. The van der Waals surface area contributed by atoms with Crippen LogP contribution in [0.25, 0.3) is 0 Å². The van der Waals surface area contributed by atoms with Crippen LogP contribution in [0.5, 0.6) is 0 Å². The van der Waals surface area contributed by atoms with Gasteiger partial charge in [0.25, 0.3) is 0 Å². The minimum Gasteiger partial charge on any atom is -0.337 e. The van der Waals surface area contributed by atoms with Gasteiger partial charge in [-0.1, -0.05) is 17.3 Å². The number of hydrogen-bond donors (Lipinski definition) is 0. The summed E-state index contributed by atoms with van der Waals surface area (Å²) < 4.78 is 1.94. The summed E-state index contributed by atoms with van der Waals surface area (Å²) in [7, 11) is 0. The van der Waals surface area contributed by atoms with Crippen LogP contribution in [0, 0.1) is 5.92 Å². The first-order chi connectivity index (χ1) is 11.4. The first kappa shape index (κ1) is 14.1. The van der Waals surface area contributed by atoms with Crippen molar-refractivity contribution in [2.24, 2.45) is 5.92 Å². The molecule has 0 saturated carbocycles. The summed E-state index contributed by atoms with van der Waals surface area (Å²) in [6.07, 6.45) is 10.4. The Hall–Kier alpha value is -2.51. The van der Waals surface area contributed by atoms with Gasteiger partial charge in [0, 0.05) is 38.6 Å². The molecule has 1 saturated heterocycles. The number of nitrogens with zero attached hydrogens (tertiary/aromatic N) is 8. The number of tetrazole rings is 1. The van der Waals surface area contributed by atoms with Gasteiger partial charge in [-0.15, -0.1) is 0 Å². The third-order valence-electron chi connectivity index (χ3n) is 4.43. The molecule has 120 valence electrons. The first-order valence-corrected chi connectivity index (χ1v) is 8.10. The van der Waals surface area contributed by atoms with Crippen LogP contribution in [0.15, 0.2) is 30.6 Å². The number of rotatable bonds is 4. The highest BCUT2D eigenvalue weighted by atomic mass is 15.6. The predicted octanol–water partition coefficient (Wildman–Crippen LogP) is 0.756. The van der Waals surface area contributed by atoms with Gasteiger partial charge in [-0.2, -0.15) is 0 Å². The molecule has 1 aliphatic heterocycles. The van der Waals surface area contributed by atoms with E-state index in [1.165, 1.54) is 6.42 Å². The molecule has 1 fully saturated rings. The maximum Gasteiger partial charge on any atom is 0.245 e. The maximum atomic E-state index is 4.32. The van der Waals surface area contributed by atoms with Crippen molar-refractivity contribution in [3.8, 4) is 0 Å². The van der Waals surface area contributed by atoms with Crippen LogP contribution in [-0.2, 0) is 6.54 Å². The van der Waals surface area contributed by atoms with Crippen molar-refractivity contribution >= 4 is 11.9 Å². The molecule has 2 aromatic heterocycles. The molecule has 4 rings (SSSR count). The van der Waals surface area contributed by atoms with E-state index in [0.29, 0.717) is 5.92 Å². The van der Waals surface area contributed by atoms with Crippen molar-refractivity contribution in [2.75, 3.05) is 36.0 Å². The minimum absolute atomic E-state index is 0.552. The lowest BCUT2D eigenvalue weighted by Crippen LogP contribution is -2.48. The van der Waals surface area contributed by atoms with Crippen LogP contribution in [-0.4, -0.2) is 56.4 Å². The fraction of sp³-hybridized carbons (Fsp3) is 0.533. The molecule has 0 radical (unpaired) electrons. The fourth-order valence-electron chi connectivity index (χ4n) is 3.18. The minimum atomic E-state index is 0.552. The second-order valence-corrected chi connectivity index (χ2v) is 5.95. The molecule has 0 N–H and O–H groups in total. The average Bonchev–Trinajstić information content (AvgIpc) is 3.28. The third kappa shape index (κ3) is 3.01. The summed E-state index contributed by atoms with van der Waals surface area (Å²) in [5, 5.41) is 12.3. The van der Waals surface area contributed by atoms with Crippen LogP contribution in [0.2, 0.25) is 0 Å². The van der Waals surface area contributed by atoms with E-state index in [2.05, 4.69) is 47.4 Å². The van der Waals surface area contributed by atoms with Crippen LogP contribution in [0.1, 0.15) is 12.8 Å². The molecule has 2 aliphatic rings. The number of allylic oxidation sites excluding steroid dienone is 2. The number of piperazine rings is 1. The molecule has 1 aliphatic carbocycles. The lowest BCUT2D eigenvalue weighted by atomic mass is 10.1. The molecule has 1 atom stereocenters. The van der Waals surface area contributed by atoms with E-state index in [9.17, 15) is 0 Å². The second kappa shape index (κ2) is 6.31. The molecule has 0 amide bonds. The van der Waals surface area contributed by atoms with E-state index in [4.69, 9.17) is 0 Å². The molecular formula is C15H20N8. The zero-order valence-corrected chi connectivity index (χ0v) is 13.0. The van der Waals surface area contributed by atoms with Gasteiger partial charge in [-0.05, 0) is 35.3 Å². The Balaban J connectivity index is 1.41. The standard InChI is InChI=1S/C15H20N8/c1-2-5-13(4-1)12-23-15(18-19-20-23)22-10-8-21(9-11-22)14-16-6-3-7-17-14/h1,3-4,6-7,13H,2,5,8-12H2. The molecule has 2 aromatic rings. The lowest BCUT2D eigenvalue weighted by Gasteiger charge is -2.34. The van der Waals surface area contributed by atoms with Gasteiger partial charge >= 0.3 is 0 Å². The van der Waals surface area contributed by atoms with Crippen molar-refractivity contribution < 1.29 is 0 Å². The third-order valence-corrected chi connectivity index (χ3v) is 4.43. The zero-order chi connectivity index (χ0) is 15.5. The summed E-state index contributed by atoms with van der Waals surface area (Å²) in [5.41, 5.74) is 0. The van der Waals surface area contributed by atoms with E-state index in [1.54, 1.807) is 12.4 Å². The van der Waals surface area contributed by atoms with Crippen molar-refractivity contribution in [1.29, 1.82) is 0 Å². The number of anilines is 2. The summed E-state index contributed by atoms with van der Waals surface area (Å²) in [6, 6.07) is 1.84. The van der Waals surface area contributed by atoms with E-state index < -0.39 is 0 Å². The molecule has 8 heteroatoms. The maximum absolute atomic E-state index is 4.32. The predicted molar refractivity (Wildman–Crippen MR) is 86.1 cm³/mol. The molecule has 1 unspecified atom stereocenters. The van der Waals surface area contributed by atoms with Gasteiger partial charge in [0.1, 0.15) is 0 Å². The molecule has 3 heterocycles. The second-order valence-electron chi connectivity index (χ2n) is 5.95.